The number of nitrogens with one attached hydrogen (secondary N) is 1. The standard InChI is InChI=1S/C14H23N3O/c1-5-11(3)17-14(15)16-9-12-6-7-13(18-4)10(2)8-12/h6-8,11H,5,9H2,1-4H3,(H3,15,16,17). The van der Waals surface area contributed by atoms with Gasteiger partial charge in [-0.05, 0) is 37.5 Å². The Hall–Kier alpha value is -1.71. The Balaban J connectivity index is 2.62. The number of hydrogen-bond acceptors (Lipinski definition) is 2. The third-order valence-corrected chi connectivity index (χ3v) is 2.90. The van der Waals surface area contributed by atoms with Crippen molar-refractivity contribution in [2.75, 3.05) is 7.11 Å². The Kier molecular flexibility index (Phi) is 5.49. The molecular formula is C14H23N3O. The Bertz CT molecular complexity index is 416. The molecule has 0 fully saturated rings. The van der Waals surface area contributed by atoms with Crippen LogP contribution in [0.2, 0.25) is 0 Å². The summed E-state index contributed by atoms with van der Waals surface area (Å²) < 4.78 is 5.22. The lowest BCUT2D eigenvalue weighted by Crippen LogP contribution is -2.38. The molecule has 1 aromatic carbocycles. The summed E-state index contributed by atoms with van der Waals surface area (Å²) in [6.45, 7) is 6.80. The summed E-state index contributed by atoms with van der Waals surface area (Å²) in [4.78, 5) is 4.32. The summed E-state index contributed by atoms with van der Waals surface area (Å²) in [6, 6.07) is 6.38. The van der Waals surface area contributed by atoms with Gasteiger partial charge in [0.15, 0.2) is 5.96 Å². The van der Waals surface area contributed by atoms with Crippen molar-refractivity contribution in [3.63, 3.8) is 0 Å². The Labute approximate surface area is 109 Å². The van der Waals surface area contributed by atoms with E-state index in [0.29, 0.717) is 18.5 Å². The number of aryl methyl sites for hydroxylation is 1. The molecule has 0 aliphatic heterocycles. The molecule has 0 saturated heterocycles. The molecule has 0 heterocycles. The van der Waals surface area contributed by atoms with Gasteiger partial charge in [-0.1, -0.05) is 19.1 Å². The molecule has 0 aliphatic rings. The molecule has 4 nitrogen and oxygen atoms in total. The second kappa shape index (κ2) is 6.89. The van der Waals surface area contributed by atoms with Crippen LogP contribution in [0, 0.1) is 6.92 Å². The number of methoxy groups -OCH3 is 1. The van der Waals surface area contributed by atoms with E-state index in [2.05, 4.69) is 30.2 Å². The summed E-state index contributed by atoms with van der Waals surface area (Å²) in [5, 5.41) is 3.14. The maximum Gasteiger partial charge on any atom is 0.189 e. The molecule has 0 spiro atoms. The van der Waals surface area contributed by atoms with Crippen LogP contribution in [0.5, 0.6) is 5.75 Å². The highest BCUT2D eigenvalue weighted by molar-refractivity contribution is 5.78. The summed E-state index contributed by atoms with van der Waals surface area (Å²) in [5.74, 6) is 1.39. The molecule has 0 saturated carbocycles. The fraction of sp³-hybridized carbons (Fsp3) is 0.500. The third kappa shape index (κ3) is 4.28. The number of rotatable bonds is 5. The second-order valence-electron chi connectivity index (χ2n) is 4.46. The molecule has 0 bridgehead atoms. The lowest BCUT2D eigenvalue weighted by Gasteiger charge is -2.12. The van der Waals surface area contributed by atoms with Crippen LogP contribution in [0.25, 0.3) is 0 Å². The first-order valence-corrected chi connectivity index (χ1v) is 6.26. The number of hydrogen-bond donors (Lipinski definition) is 2. The molecule has 0 aromatic heterocycles. The van der Waals surface area contributed by atoms with E-state index in [9.17, 15) is 0 Å². The van der Waals surface area contributed by atoms with Gasteiger partial charge in [-0.25, -0.2) is 4.99 Å². The maximum atomic E-state index is 5.81. The molecule has 4 heteroatoms. The van der Waals surface area contributed by atoms with Crippen molar-refractivity contribution in [3.05, 3.63) is 29.3 Å². The number of aliphatic imine (C=N–C) groups is 1. The molecule has 0 radical (unpaired) electrons. The van der Waals surface area contributed by atoms with Gasteiger partial charge in [0.25, 0.3) is 0 Å². The Morgan fingerprint density at radius 2 is 2.22 bits per heavy atom. The van der Waals surface area contributed by atoms with Gasteiger partial charge in [-0.15, -0.1) is 0 Å². The van der Waals surface area contributed by atoms with Gasteiger partial charge in [0.2, 0.25) is 0 Å². The van der Waals surface area contributed by atoms with Crippen molar-refractivity contribution >= 4 is 5.96 Å². The lowest BCUT2D eigenvalue weighted by atomic mass is 10.1. The van der Waals surface area contributed by atoms with E-state index in [-0.39, 0.29) is 0 Å². The van der Waals surface area contributed by atoms with Crippen molar-refractivity contribution in [1.29, 1.82) is 0 Å². The summed E-state index contributed by atoms with van der Waals surface area (Å²) in [6.07, 6.45) is 1.03. The molecule has 0 amide bonds. The first kappa shape index (κ1) is 14.4. The van der Waals surface area contributed by atoms with Crippen molar-refractivity contribution in [2.24, 2.45) is 10.7 Å². The zero-order chi connectivity index (χ0) is 13.5. The van der Waals surface area contributed by atoms with Gasteiger partial charge in [-0.2, -0.15) is 0 Å². The van der Waals surface area contributed by atoms with Gasteiger partial charge < -0.3 is 15.8 Å². The first-order chi connectivity index (χ1) is 8.56. The van der Waals surface area contributed by atoms with Crippen molar-refractivity contribution in [2.45, 2.75) is 39.8 Å². The third-order valence-electron chi connectivity index (χ3n) is 2.90. The van der Waals surface area contributed by atoms with E-state index in [4.69, 9.17) is 10.5 Å². The first-order valence-electron chi connectivity index (χ1n) is 6.26. The van der Waals surface area contributed by atoms with Crippen LogP contribution in [-0.4, -0.2) is 19.1 Å². The Morgan fingerprint density at radius 3 is 2.78 bits per heavy atom. The van der Waals surface area contributed by atoms with Crippen LogP contribution < -0.4 is 15.8 Å². The molecule has 1 aromatic rings. The second-order valence-corrected chi connectivity index (χ2v) is 4.46. The fourth-order valence-electron chi connectivity index (χ4n) is 1.62. The van der Waals surface area contributed by atoms with Crippen molar-refractivity contribution < 1.29 is 4.74 Å². The largest absolute Gasteiger partial charge is 0.496 e. The van der Waals surface area contributed by atoms with E-state index in [0.717, 1.165) is 23.3 Å². The lowest BCUT2D eigenvalue weighted by molar-refractivity contribution is 0.411. The van der Waals surface area contributed by atoms with Gasteiger partial charge in [0.1, 0.15) is 5.75 Å². The topological polar surface area (TPSA) is 59.6 Å². The highest BCUT2D eigenvalue weighted by Crippen LogP contribution is 2.18. The number of benzene rings is 1. The molecule has 3 N–H and O–H groups in total. The van der Waals surface area contributed by atoms with E-state index in [1.54, 1.807) is 7.11 Å². The van der Waals surface area contributed by atoms with Crippen LogP contribution in [0.1, 0.15) is 31.4 Å². The number of ether oxygens (including phenoxy) is 1. The molecule has 0 aliphatic carbocycles. The highest BCUT2D eigenvalue weighted by atomic mass is 16.5. The van der Waals surface area contributed by atoms with E-state index in [1.165, 1.54) is 0 Å². The number of nitrogens with zero attached hydrogens (tertiary/aromatic N) is 1. The Morgan fingerprint density at radius 1 is 1.50 bits per heavy atom. The summed E-state index contributed by atoms with van der Waals surface area (Å²) >= 11 is 0. The van der Waals surface area contributed by atoms with Gasteiger partial charge >= 0.3 is 0 Å². The van der Waals surface area contributed by atoms with Crippen LogP contribution in [0.3, 0.4) is 0 Å². The SMILES string of the molecule is CCC(C)NC(N)=NCc1ccc(OC)c(C)c1. The van der Waals surface area contributed by atoms with Crippen LogP contribution in [0.15, 0.2) is 23.2 Å². The van der Waals surface area contributed by atoms with Gasteiger partial charge in [0.05, 0.1) is 13.7 Å². The minimum absolute atomic E-state index is 0.353. The summed E-state index contributed by atoms with van der Waals surface area (Å²) in [7, 11) is 1.67. The minimum Gasteiger partial charge on any atom is -0.496 e. The van der Waals surface area contributed by atoms with Crippen LogP contribution in [-0.2, 0) is 6.54 Å². The fourth-order valence-corrected chi connectivity index (χ4v) is 1.62. The predicted molar refractivity (Wildman–Crippen MR) is 75.9 cm³/mol. The number of guanidine groups is 1. The highest BCUT2D eigenvalue weighted by Gasteiger charge is 2.01. The number of nitrogens with two attached hydrogens (primary N) is 1. The average Bonchev–Trinajstić information content (AvgIpc) is 2.36. The predicted octanol–water partition coefficient (Wildman–Crippen LogP) is 2.21. The van der Waals surface area contributed by atoms with E-state index >= 15 is 0 Å². The van der Waals surface area contributed by atoms with Crippen LogP contribution >= 0.6 is 0 Å². The molecule has 1 atom stereocenters. The van der Waals surface area contributed by atoms with E-state index in [1.807, 2.05) is 19.1 Å². The van der Waals surface area contributed by atoms with Gasteiger partial charge in [0, 0.05) is 6.04 Å². The molecular weight excluding hydrogens is 226 g/mol. The van der Waals surface area contributed by atoms with Crippen molar-refractivity contribution in [3.8, 4) is 5.75 Å². The van der Waals surface area contributed by atoms with Crippen molar-refractivity contribution in [1.82, 2.24) is 5.32 Å². The molecule has 18 heavy (non-hydrogen) atoms. The average molecular weight is 249 g/mol. The minimum atomic E-state index is 0.353. The quantitative estimate of drug-likeness (QED) is 0.621. The van der Waals surface area contributed by atoms with E-state index < -0.39 is 0 Å². The van der Waals surface area contributed by atoms with Gasteiger partial charge in [-0.3, -0.25) is 0 Å². The maximum absolute atomic E-state index is 5.81. The molecule has 1 rings (SSSR count). The normalized spacial score (nSPS) is 13.2. The molecule has 1 unspecified atom stereocenters. The molecule has 100 valence electrons. The smallest absolute Gasteiger partial charge is 0.189 e. The monoisotopic (exact) mass is 249 g/mol. The summed E-state index contributed by atoms with van der Waals surface area (Å²) in [5.41, 5.74) is 8.04. The van der Waals surface area contributed by atoms with Crippen LogP contribution in [0.4, 0.5) is 0 Å². The zero-order valence-electron chi connectivity index (χ0n) is 11.7. The zero-order valence-corrected chi connectivity index (χ0v) is 11.7.